The lowest BCUT2D eigenvalue weighted by Gasteiger charge is -2.03. The molecule has 5 heteroatoms. The molecule has 0 bridgehead atoms. The highest BCUT2D eigenvalue weighted by molar-refractivity contribution is 6.35. The van der Waals surface area contributed by atoms with Gasteiger partial charge in [-0.2, -0.15) is 5.10 Å². The number of halogens is 1. The van der Waals surface area contributed by atoms with E-state index < -0.39 is 11.8 Å². The van der Waals surface area contributed by atoms with Crippen molar-refractivity contribution in [2.24, 2.45) is 5.10 Å². The zero-order chi connectivity index (χ0) is 12.0. The van der Waals surface area contributed by atoms with Crippen molar-refractivity contribution >= 4 is 17.4 Å². The van der Waals surface area contributed by atoms with Crippen LogP contribution < -0.4 is 5.43 Å². The van der Waals surface area contributed by atoms with Gasteiger partial charge >= 0.3 is 5.97 Å². The highest BCUT2D eigenvalue weighted by Gasteiger charge is 2.06. The Morgan fingerprint density at radius 1 is 1.50 bits per heavy atom. The van der Waals surface area contributed by atoms with E-state index in [1.807, 2.05) is 0 Å². The Hall–Kier alpha value is -1.91. The molecule has 0 aromatic heterocycles. The van der Waals surface area contributed by atoms with Crippen molar-refractivity contribution in [3.8, 4) is 0 Å². The lowest BCUT2D eigenvalue weighted by atomic mass is 10.3. The largest absolute Gasteiger partial charge is 0.461 e. The minimum atomic E-state index is -0.522. The molecule has 0 saturated carbocycles. The number of anilines is 1. The van der Waals surface area contributed by atoms with Crippen LogP contribution in [0.4, 0.5) is 10.1 Å². The number of benzene rings is 1. The maximum atomic E-state index is 13.1. The molecule has 1 aromatic rings. The van der Waals surface area contributed by atoms with E-state index in [0.717, 1.165) is 0 Å². The summed E-state index contributed by atoms with van der Waals surface area (Å²) in [6.45, 7) is 3.48. The van der Waals surface area contributed by atoms with Gasteiger partial charge in [-0.3, -0.25) is 5.43 Å². The van der Waals surface area contributed by atoms with Crippen LogP contribution in [0.15, 0.2) is 29.4 Å². The Balaban J connectivity index is 2.66. The first-order chi connectivity index (χ1) is 7.65. The van der Waals surface area contributed by atoms with Gasteiger partial charge in [0, 0.05) is 0 Å². The van der Waals surface area contributed by atoms with Gasteiger partial charge in [-0.25, -0.2) is 9.18 Å². The first-order valence-electron chi connectivity index (χ1n) is 4.87. The molecular weight excluding hydrogens is 211 g/mol. The number of rotatable bonds is 4. The van der Waals surface area contributed by atoms with E-state index in [9.17, 15) is 9.18 Å². The molecule has 0 aliphatic heterocycles. The van der Waals surface area contributed by atoms with Crippen LogP contribution >= 0.6 is 0 Å². The summed E-state index contributed by atoms with van der Waals surface area (Å²) in [5.41, 5.74) is 2.82. The van der Waals surface area contributed by atoms with E-state index >= 15 is 0 Å². The molecule has 0 aliphatic rings. The Bertz CT molecular complexity index is 405. The first-order valence-corrected chi connectivity index (χ1v) is 4.87. The second kappa shape index (κ2) is 5.85. The number of hydrogen-bond acceptors (Lipinski definition) is 4. The number of para-hydroxylation sites is 1. The molecule has 0 aliphatic carbocycles. The van der Waals surface area contributed by atoms with Crippen molar-refractivity contribution < 1.29 is 13.9 Å². The van der Waals surface area contributed by atoms with Crippen molar-refractivity contribution in [2.45, 2.75) is 13.8 Å². The number of carbonyl (C=O) groups is 1. The second-order valence-corrected chi connectivity index (χ2v) is 3.01. The van der Waals surface area contributed by atoms with Crippen molar-refractivity contribution in [3.05, 3.63) is 30.1 Å². The molecule has 0 radical (unpaired) electrons. The fourth-order valence-corrected chi connectivity index (χ4v) is 0.977. The van der Waals surface area contributed by atoms with Crippen molar-refractivity contribution in [1.82, 2.24) is 0 Å². The van der Waals surface area contributed by atoms with E-state index in [2.05, 4.69) is 10.5 Å². The van der Waals surface area contributed by atoms with Gasteiger partial charge in [-0.05, 0) is 26.0 Å². The normalized spacial score (nSPS) is 11.1. The second-order valence-electron chi connectivity index (χ2n) is 3.01. The van der Waals surface area contributed by atoms with Gasteiger partial charge in [0.05, 0.1) is 12.3 Å². The Morgan fingerprint density at radius 3 is 2.81 bits per heavy atom. The molecule has 0 saturated heterocycles. The fraction of sp³-hybridized carbons (Fsp3) is 0.273. The third-order valence-corrected chi connectivity index (χ3v) is 1.79. The number of nitrogens with zero attached hydrogens (tertiary/aromatic N) is 1. The number of carbonyl (C=O) groups excluding carboxylic acids is 1. The quantitative estimate of drug-likeness (QED) is 0.484. The zero-order valence-electron chi connectivity index (χ0n) is 9.16. The SMILES string of the molecule is CCOC(=O)C(C)=NNc1ccccc1F. The molecule has 0 unspecified atom stereocenters. The minimum Gasteiger partial charge on any atom is -0.461 e. The third kappa shape index (κ3) is 3.34. The number of hydrogen-bond donors (Lipinski definition) is 1. The van der Waals surface area contributed by atoms with E-state index in [1.54, 1.807) is 19.1 Å². The number of ether oxygens (including phenoxy) is 1. The third-order valence-electron chi connectivity index (χ3n) is 1.79. The smallest absolute Gasteiger partial charge is 0.354 e. The maximum Gasteiger partial charge on any atom is 0.354 e. The summed E-state index contributed by atoms with van der Waals surface area (Å²) in [6.07, 6.45) is 0. The first kappa shape index (κ1) is 12.2. The van der Waals surface area contributed by atoms with Crippen LogP contribution in [0.2, 0.25) is 0 Å². The Kier molecular flexibility index (Phi) is 4.44. The van der Waals surface area contributed by atoms with Crippen molar-refractivity contribution in [2.75, 3.05) is 12.0 Å². The average molecular weight is 224 g/mol. The molecule has 86 valence electrons. The number of nitrogens with one attached hydrogen (secondary N) is 1. The van der Waals surface area contributed by atoms with Gasteiger partial charge in [0.25, 0.3) is 0 Å². The number of hydrazone groups is 1. The molecule has 16 heavy (non-hydrogen) atoms. The van der Waals surface area contributed by atoms with Gasteiger partial charge in [-0.15, -0.1) is 0 Å². The molecule has 4 nitrogen and oxygen atoms in total. The summed E-state index contributed by atoms with van der Waals surface area (Å²) in [5.74, 6) is -0.950. The van der Waals surface area contributed by atoms with Gasteiger partial charge in [-0.1, -0.05) is 12.1 Å². The molecule has 0 spiro atoms. The van der Waals surface area contributed by atoms with E-state index in [1.165, 1.54) is 19.1 Å². The van der Waals surface area contributed by atoms with E-state index in [-0.39, 0.29) is 18.0 Å². The van der Waals surface area contributed by atoms with Crippen LogP contribution in [0.1, 0.15) is 13.8 Å². The zero-order valence-corrected chi connectivity index (χ0v) is 9.16. The standard InChI is InChI=1S/C11H13FN2O2/c1-3-16-11(15)8(2)13-14-10-7-5-4-6-9(10)12/h4-7,14H,3H2,1-2H3. The van der Waals surface area contributed by atoms with E-state index in [4.69, 9.17) is 4.74 Å². The number of esters is 1. The monoisotopic (exact) mass is 224 g/mol. The summed E-state index contributed by atoms with van der Waals surface area (Å²) < 4.78 is 17.9. The van der Waals surface area contributed by atoms with Crippen LogP contribution in [-0.2, 0) is 9.53 Å². The molecule has 0 fully saturated rings. The molecular formula is C11H13FN2O2. The van der Waals surface area contributed by atoms with Crippen LogP contribution in [0.25, 0.3) is 0 Å². The average Bonchev–Trinajstić information content (AvgIpc) is 2.28. The lowest BCUT2D eigenvalue weighted by Crippen LogP contribution is -2.15. The maximum absolute atomic E-state index is 13.1. The summed E-state index contributed by atoms with van der Waals surface area (Å²) in [4.78, 5) is 11.2. The summed E-state index contributed by atoms with van der Waals surface area (Å²) in [6, 6.07) is 6.07. The van der Waals surface area contributed by atoms with Crippen molar-refractivity contribution in [3.63, 3.8) is 0 Å². The summed E-state index contributed by atoms with van der Waals surface area (Å²) in [7, 11) is 0. The molecule has 0 heterocycles. The van der Waals surface area contributed by atoms with Gasteiger partial charge in [0.15, 0.2) is 0 Å². The van der Waals surface area contributed by atoms with Crippen LogP contribution in [0.3, 0.4) is 0 Å². The molecule has 0 atom stereocenters. The van der Waals surface area contributed by atoms with Crippen molar-refractivity contribution in [1.29, 1.82) is 0 Å². The topological polar surface area (TPSA) is 50.7 Å². The molecule has 1 rings (SSSR count). The highest BCUT2D eigenvalue weighted by Crippen LogP contribution is 2.11. The molecule has 0 amide bonds. The summed E-state index contributed by atoms with van der Waals surface area (Å²) >= 11 is 0. The Labute approximate surface area is 93.1 Å². The van der Waals surface area contributed by atoms with Gasteiger partial charge in [0.2, 0.25) is 0 Å². The lowest BCUT2D eigenvalue weighted by molar-refractivity contribution is -0.135. The predicted molar refractivity (Wildman–Crippen MR) is 59.8 cm³/mol. The minimum absolute atomic E-state index is 0.144. The van der Waals surface area contributed by atoms with Crippen LogP contribution in [-0.4, -0.2) is 18.3 Å². The fourth-order valence-electron chi connectivity index (χ4n) is 0.977. The van der Waals surface area contributed by atoms with Crippen LogP contribution in [0, 0.1) is 5.82 Å². The van der Waals surface area contributed by atoms with Crippen LogP contribution in [0.5, 0.6) is 0 Å². The van der Waals surface area contributed by atoms with Gasteiger partial charge in [0.1, 0.15) is 11.5 Å². The van der Waals surface area contributed by atoms with E-state index in [0.29, 0.717) is 0 Å². The molecule has 1 aromatic carbocycles. The Morgan fingerprint density at radius 2 is 2.19 bits per heavy atom. The van der Waals surface area contributed by atoms with Gasteiger partial charge < -0.3 is 4.74 Å². The predicted octanol–water partition coefficient (Wildman–Crippen LogP) is 2.18. The highest BCUT2D eigenvalue weighted by atomic mass is 19.1. The molecule has 1 N–H and O–H groups in total. The summed E-state index contributed by atoms with van der Waals surface area (Å²) in [5, 5.41) is 3.73.